The molecule has 34 heavy (non-hydrogen) atoms. The summed E-state index contributed by atoms with van der Waals surface area (Å²) in [6, 6.07) is 9.40. The van der Waals surface area contributed by atoms with Crippen LogP contribution in [0.1, 0.15) is 12.5 Å². The third kappa shape index (κ3) is 3.46. The van der Waals surface area contributed by atoms with Crippen molar-refractivity contribution in [1.29, 1.82) is 0 Å². The normalized spacial score (nSPS) is 16.1. The predicted octanol–water partition coefficient (Wildman–Crippen LogP) is 5.64. The average Bonchev–Trinajstić information content (AvgIpc) is 3.57. The van der Waals surface area contributed by atoms with E-state index in [-0.39, 0.29) is 6.04 Å². The fourth-order valence-corrected chi connectivity index (χ4v) is 5.07. The number of pyridine rings is 2. The van der Waals surface area contributed by atoms with Crippen LogP contribution in [0.25, 0.3) is 38.9 Å². The highest BCUT2D eigenvalue weighted by atomic mass is 35.5. The van der Waals surface area contributed by atoms with Crippen LogP contribution >= 0.6 is 23.2 Å². The van der Waals surface area contributed by atoms with Gasteiger partial charge in [0.1, 0.15) is 5.65 Å². The minimum absolute atomic E-state index is 0.0280. The zero-order valence-electron chi connectivity index (χ0n) is 17.8. The molecule has 0 radical (unpaired) electrons. The summed E-state index contributed by atoms with van der Waals surface area (Å²) < 4.78 is 3.78. The SMILES string of the molecule is O=C(O)N1CC[C@H](n2cc(-c3cnc4ccn5cc(-c6c(Cl)cccc6Cl)nc5c4c3)cn2)C1. The van der Waals surface area contributed by atoms with Gasteiger partial charge in [0, 0.05) is 60.0 Å². The second kappa shape index (κ2) is 8.00. The number of imidazole rings is 1. The molecule has 1 N–H and O–H groups in total. The van der Waals surface area contributed by atoms with Gasteiger partial charge >= 0.3 is 6.09 Å². The summed E-state index contributed by atoms with van der Waals surface area (Å²) in [6.45, 7) is 0.955. The van der Waals surface area contributed by atoms with Gasteiger partial charge in [0.2, 0.25) is 0 Å². The van der Waals surface area contributed by atoms with Gasteiger partial charge in [0.25, 0.3) is 0 Å². The molecule has 1 saturated heterocycles. The molecule has 1 aliphatic rings. The highest BCUT2D eigenvalue weighted by Gasteiger charge is 2.27. The Morgan fingerprint density at radius 3 is 2.68 bits per heavy atom. The number of amides is 1. The summed E-state index contributed by atoms with van der Waals surface area (Å²) in [4.78, 5) is 22.1. The minimum Gasteiger partial charge on any atom is -0.465 e. The largest absolute Gasteiger partial charge is 0.465 e. The lowest BCUT2D eigenvalue weighted by atomic mass is 10.1. The number of benzene rings is 1. The van der Waals surface area contributed by atoms with E-state index in [1.54, 1.807) is 24.4 Å². The first kappa shape index (κ1) is 20.9. The average molecular weight is 493 g/mol. The molecule has 1 atom stereocenters. The molecule has 1 aliphatic heterocycles. The Morgan fingerprint density at radius 1 is 1.09 bits per heavy atom. The molecule has 0 aliphatic carbocycles. The highest BCUT2D eigenvalue weighted by Crippen LogP contribution is 2.35. The Kier molecular flexibility index (Phi) is 4.93. The van der Waals surface area contributed by atoms with Gasteiger partial charge in [-0.05, 0) is 30.7 Å². The van der Waals surface area contributed by atoms with Gasteiger partial charge in [0.05, 0.1) is 33.5 Å². The fraction of sp³-hybridized carbons (Fsp3) is 0.167. The number of aromatic nitrogens is 5. The Labute approximate surface area is 204 Å². The van der Waals surface area contributed by atoms with E-state index in [0.717, 1.165) is 34.1 Å². The first-order valence-corrected chi connectivity index (χ1v) is 11.5. The first-order chi connectivity index (χ1) is 16.5. The molecule has 0 unspecified atom stereocenters. The Balaban J connectivity index is 1.40. The van der Waals surface area contributed by atoms with Crippen LogP contribution in [0.5, 0.6) is 0 Å². The summed E-state index contributed by atoms with van der Waals surface area (Å²) in [6.07, 6.45) is 9.21. The van der Waals surface area contributed by atoms with E-state index in [2.05, 4.69) is 10.1 Å². The number of hydrogen-bond acceptors (Lipinski definition) is 4. The summed E-state index contributed by atoms with van der Waals surface area (Å²) in [7, 11) is 0. The van der Waals surface area contributed by atoms with Crippen molar-refractivity contribution in [3.8, 4) is 22.4 Å². The van der Waals surface area contributed by atoms with E-state index in [1.807, 2.05) is 46.0 Å². The molecular formula is C24H18Cl2N6O2. The number of carboxylic acid groups (broad SMARTS) is 1. The molecule has 0 saturated carbocycles. The van der Waals surface area contributed by atoms with Crippen LogP contribution in [0.3, 0.4) is 0 Å². The van der Waals surface area contributed by atoms with Crippen LogP contribution in [0, 0.1) is 0 Å². The summed E-state index contributed by atoms with van der Waals surface area (Å²) in [5.74, 6) is 0. The lowest BCUT2D eigenvalue weighted by Crippen LogP contribution is -2.27. The van der Waals surface area contributed by atoms with Crippen molar-refractivity contribution in [2.75, 3.05) is 13.1 Å². The maximum absolute atomic E-state index is 11.2. The lowest BCUT2D eigenvalue weighted by molar-refractivity contribution is 0.154. The van der Waals surface area contributed by atoms with Gasteiger partial charge < -0.3 is 14.4 Å². The number of likely N-dealkylation sites (tertiary alicyclic amines) is 1. The molecular weight excluding hydrogens is 475 g/mol. The molecule has 1 amide bonds. The van der Waals surface area contributed by atoms with Gasteiger partial charge in [0.15, 0.2) is 0 Å². The van der Waals surface area contributed by atoms with Crippen LogP contribution in [0.4, 0.5) is 4.79 Å². The number of nitrogens with zero attached hydrogens (tertiary/aromatic N) is 6. The standard InChI is InChI=1S/C24H18Cl2N6O2/c25-18-2-1-3-19(26)22(18)21-13-30-7-5-20-17(23(30)29-21)8-14(9-27-20)15-10-28-32(11-15)16-4-6-31(12-16)24(33)34/h1-3,5,7-11,13,16H,4,6,12H2,(H,33,34)/t16-/m0/s1. The summed E-state index contributed by atoms with van der Waals surface area (Å²) in [5, 5.41) is 15.7. The van der Waals surface area contributed by atoms with Gasteiger partial charge in [-0.15, -0.1) is 0 Å². The first-order valence-electron chi connectivity index (χ1n) is 10.7. The second-order valence-electron chi connectivity index (χ2n) is 8.31. The van der Waals surface area contributed by atoms with E-state index in [0.29, 0.717) is 34.4 Å². The summed E-state index contributed by atoms with van der Waals surface area (Å²) in [5.41, 5.74) is 4.76. The predicted molar refractivity (Wildman–Crippen MR) is 130 cm³/mol. The molecule has 1 fully saturated rings. The highest BCUT2D eigenvalue weighted by molar-refractivity contribution is 6.39. The van der Waals surface area contributed by atoms with E-state index in [4.69, 9.17) is 28.2 Å². The van der Waals surface area contributed by atoms with E-state index in [9.17, 15) is 9.90 Å². The topological polar surface area (TPSA) is 88.5 Å². The monoisotopic (exact) mass is 492 g/mol. The number of fused-ring (bicyclic) bond motifs is 3. The lowest BCUT2D eigenvalue weighted by Gasteiger charge is -2.12. The zero-order valence-corrected chi connectivity index (χ0v) is 19.3. The second-order valence-corrected chi connectivity index (χ2v) is 9.12. The van der Waals surface area contributed by atoms with Crippen molar-refractivity contribution in [3.05, 3.63) is 71.4 Å². The minimum atomic E-state index is -0.894. The quantitative estimate of drug-likeness (QED) is 0.351. The molecule has 5 aromatic rings. The van der Waals surface area contributed by atoms with Crippen molar-refractivity contribution in [2.45, 2.75) is 12.5 Å². The Hall–Kier alpha value is -3.62. The number of hydrogen-bond donors (Lipinski definition) is 1. The van der Waals surface area contributed by atoms with Gasteiger partial charge in [-0.2, -0.15) is 5.10 Å². The number of rotatable bonds is 3. The summed E-state index contributed by atoms with van der Waals surface area (Å²) >= 11 is 12.8. The molecule has 1 aromatic carbocycles. The van der Waals surface area contributed by atoms with E-state index < -0.39 is 6.09 Å². The van der Waals surface area contributed by atoms with Crippen LogP contribution in [0.2, 0.25) is 10.0 Å². The van der Waals surface area contributed by atoms with Crippen molar-refractivity contribution >= 4 is 45.8 Å². The van der Waals surface area contributed by atoms with Crippen molar-refractivity contribution in [1.82, 2.24) is 29.0 Å². The molecule has 0 bridgehead atoms. The van der Waals surface area contributed by atoms with E-state index in [1.165, 1.54) is 4.90 Å². The van der Waals surface area contributed by atoms with Crippen LogP contribution < -0.4 is 0 Å². The van der Waals surface area contributed by atoms with Crippen LogP contribution in [0.15, 0.2) is 61.3 Å². The maximum Gasteiger partial charge on any atom is 0.407 e. The van der Waals surface area contributed by atoms with E-state index >= 15 is 0 Å². The molecule has 170 valence electrons. The fourth-order valence-electron chi connectivity index (χ4n) is 4.48. The zero-order chi connectivity index (χ0) is 23.4. The van der Waals surface area contributed by atoms with Gasteiger partial charge in [-0.3, -0.25) is 9.67 Å². The third-order valence-corrected chi connectivity index (χ3v) is 6.88. The third-order valence-electron chi connectivity index (χ3n) is 6.25. The maximum atomic E-state index is 11.2. The Bertz CT molecular complexity index is 1560. The number of halogens is 2. The van der Waals surface area contributed by atoms with Crippen molar-refractivity contribution in [3.63, 3.8) is 0 Å². The van der Waals surface area contributed by atoms with Gasteiger partial charge in [-0.1, -0.05) is 29.3 Å². The van der Waals surface area contributed by atoms with Crippen molar-refractivity contribution < 1.29 is 9.90 Å². The molecule has 6 rings (SSSR count). The molecule has 0 spiro atoms. The number of carbonyl (C=O) groups is 1. The molecule has 5 heterocycles. The Morgan fingerprint density at radius 2 is 1.91 bits per heavy atom. The molecule has 10 heteroatoms. The van der Waals surface area contributed by atoms with Gasteiger partial charge in [-0.25, -0.2) is 9.78 Å². The molecule has 8 nitrogen and oxygen atoms in total. The van der Waals surface area contributed by atoms with Crippen LogP contribution in [-0.2, 0) is 0 Å². The smallest absolute Gasteiger partial charge is 0.407 e. The molecule has 4 aromatic heterocycles. The van der Waals surface area contributed by atoms with Crippen molar-refractivity contribution in [2.24, 2.45) is 0 Å². The van der Waals surface area contributed by atoms with Crippen LogP contribution in [-0.4, -0.2) is 53.3 Å².